The van der Waals surface area contributed by atoms with E-state index in [4.69, 9.17) is 23.2 Å². The predicted molar refractivity (Wildman–Crippen MR) is 84.5 cm³/mol. The summed E-state index contributed by atoms with van der Waals surface area (Å²) < 4.78 is 0. The Kier molecular flexibility index (Phi) is 5.81. The molecule has 6 heteroatoms. The maximum atomic E-state index is 9.20. The lowest BCUT2D eigenvalue weighted by atomic mass is 10.2. The molecule has 1 N–H and O–H groups in total. The smallest absolute Gasteiger partial charge is 0.0897 e. The maximum absolute atomic E-state index is 9.20. The second-order valence-corrected chi connectivity index (χ2v) is 6.66. The molecule has 0 amide bonds. The fourth-order valence-electron chi connectivity index (χ4n) is 1.95. The van der Waals surface area contributed by atoms with Crippen LogP contribution in [-0.4, -0.2) is 28.1 Å². The summed E-state index contributed by atoms with van der Waals surface area (Å²) in [5.41, 5.74) is 1.08. The van der Waals surface area contributed by atoms with Gasteiger partial charge in [0.2, 0.25) is 0 Å². The van der Waals surface area contributed by atoms with Crippen molar-refractivity contribution in [1.82, 2.24) is 9.88 Å². The average Bonchev–Trinajstić information content (AvgIpc) is 2.80. The molecule has 0 fully saturated rings. The minimum atomic E-state index is 0.124. The van der Waals surface area contributed by atoms with Gasteiger partial charge in [-0.05, 0) is 24.6 Å². The zero-order valence-electron chi connectivity index (χ0n) is 11.1. The van der Waals surface area contributed by atoms with E-state index in [1.54, 1.807) is 17.4 Å². The highest BCUT2D eigenvalue weighted by molar-refractivity contribution is 7.11. The normalized spacial score (nSPS) is 11.2. The second-order valence-electron chi connectivity index (χ2n) is 4.53. The van der Waals surface area contributed by atoms with Crippen LogP contribution in [0.25, 0.3) is 0 Å². The molecule has 0 aliphatic heterocycles. The highest BCUT2D eigenvalue weighted by Gasteiger charge is 2.09. The fourth-order valence-corrected chi connectivity index (χ4v) is 3.11. The molecule has 0 saturated carbocycles. The SMILES string of the molecule is Cc1ncc(CN(CCO)Cc2ccc(Cl)c(Cl)c2)s1. The van der Waals surface area contributed by atoms with Crippen molar-refractivity contribution < 1.29 is 5.11 Å². The van der Waals surface area contributed by atoms with Gasteiger partial charge in [-0.3, -0.25) is 4.90 Å². The minimum absolute atomic E-state index is 0.124. The largest absolute Gasteiger partial charge is 0.395 e. The standard InChI is InChI=1S/C14H16Cl2N2OS/c1-10-17-7-12(20-10)9-18(4-5-19)8-11-2-3-13(15)14(16)6-11/h2-3,6-7,19H,4-5,8-9H2,1H3. The van der Waals surface area contributed by atoms with Crippen LogP contribution in [0.1, 0.15) is 15.4 Å². The summed E-state index contributed by atoms with van der Waals surface area (Å²) in [6.07, 6.45) is 1.89. The average molecular weight is 331 g/mol. The monoisotopic (exact) mass is 330 g/mol. The van der Waals surface area contributed by atoms with E-state index in [-0.39, 0.29) is 6.61 Å². The van der Waals surface area contributed by atoms with Gasteiger partial charge in [0.15, 0.2) is 0 Å². The van der Waals surface area contributed by atoms with Gasteiger partial charge in [-0.25, -0.2) is 4.98 Å². The molecular weight excluding hydrogens is 315 g/mol. The summed E-state index contributed by atoms with van der Waals surface area (Å²) in [4.78, 5) is 7.60. The topological polar surface area (TPSA) is 36.4 Å². The van der Waals surface area contributed by atoms with Crippen LogP contribution in [0.15, 0.2) is 24.4 Å². The van der Waals surface area contributed by atoms with E-state index in [1.807, 2.05) is 25.3 Å². The van der Waals surface area contributed by atoms with Crippen LogP contribution in [-0.2, 0) is 13.1 Å². The number of aryl methyl sites for hydroxylation is 1. The summed E-state index contributed by atoms with van der Waals surface area (Å²) in [6.45, 7) is 4.21. The molecule has 0 aliphatic carbocycles. The Hall–Kier alpha value is -0.650. The van der Waals surface area contributed by atoms with Crippen LogP contribution < -0.4 is 0 Å². The van der Waals surface area contributed by atoms with Crippen LogP contribution in [0.4, 0.5) is 0 Å². The van der Waals surface area contributed by atoms with E-state index >= 15 is 0 Å². The molecule has 0 saturated heterocycles. The van der Waals surface area contributed by atoms with E-state index in [1.165, 1.54) is 4.88 Å². The van der Waals surface area contributed by atoms with Crippen molar-refractivity contribution in [2.24, 2.45) is 0 Å². The Labute approximate surface area is 132 Å². The third-order valence-corrected chi connectivity index (χ3v) is 4.49. The molecule has 0 spiro atoms. The van der Waals surface area contributed by atoms with Crippen LogP contribution in [0, 0.1) is 6.92 Å². The summed E-state index contributed by atoms with van der Waals surface area (Å²) in [6, 6.07) is 5.62. The zero-order valence-corrected chi connectivity index (χ0v) is 13.5. The van der Waals surface area contributed by atoms with E-state index in [2.05, 4.69) is 9.88 Å². The maximum Gasteiger partial charge on any atom is 0.0897 e. The fraction of sp³-hybridized carbons (Fsp3) is 0.357. The molecule has 0 aliphatic rings. The molecule has 20 heavy (non-hydrogen) atoms. The first-order chi connectivity index (χ1) is 9.58. The van der Waals surface area contributed by atoms with Gasteiger partial charge in [0.1, 0.15) is 0 Å². The van der Waals surface area contributed by atoms with Crippen molar-refractivity contribution in [3.05, 3.63) is 49.9 Å². The minimum Gasteiger partial charge on any atom is -0.395 e. The van der Waals surface area contributed by atoms with Gasteiger partial charge in [0.05, 0.1) is 21.7 Å². The summed E-state index contributed by atoms with van der Waals surface area (Å²) >= 11 is 13.6. The van der Waals surface area contributed by atoms with Crippen molar-refractivity contribution in [3.63, 3.8) is 0 Å². The van der Waals surface area contributed by atoms with Crippen molar-refractivity contribution in [3.8, 4) is 0 Å². The first-order valence-electron chi connectivity index (χ1n) is 6.27. The summed E-state index contributed by atoms with van der Waals surface area (Å²) in [5.74, 6) is 0. The van der Waals surface area contributed by atoms with Gasteiger partial charge in [-0.15, -0.1) is 11.3 Å². The van der Waals surface area contributed by atoms with Gasteiger partial charge in [0.25, 0.3) is 0 Å². The molecule has 0 unspecified atom stereocenters. The highest BCUT2D eigenvalue weighted by Crippen LogP contribution is 2.24. The van der Waals surface area contributed by atoms with Crippen molar-refractivity contribution in [2.75, 3.05) is 13.2 Å². The second kappa shape index (κ2) is 7.38. The number of thiazole rings is 1. The first-order valence-corrected chi connectivity index (χ1v) is 7.84. The van der Waals surface area contributed by atoms with E-state index in [9.17, 15) is 5.11 Å². The first kappa shape index (κ1) is 15.7. The Bertz CT molecular complexity index is 574. The zero-order chi connectivity index (χ0) is 14.5. The number of hydrogen-bond donors (Lipinski definition) is 1. The lowest BCUT2D eigenvalue weighted by Crippen LogP contribution is -2.25. The Morgan fingerprint density at radius 2 is 2.05 bits per heavy atom. The quantitative estimate of drug-likeness (QED) is 0.876. The third-order valence-electron chi connectivity index (χ3n) is 2.86. The lowest BCUT2D eigenvalue weighted by Gasteiger charge is -2.20. The van der Waals surface area contributed by atoms with Crippen molar-refractivity contribution in [1.29, 1.82) is 0 Å². The van der Waals surface area contributed by atoms with Crippen LogP contribution in [0.3, 0.4) is 0 Å². The molecule has 1 aromatic carbocycles. The number of aromatic nitrogens is 1. The van der Waals surface area contributed by atoms with E-state index < -0.39 is 0 Å². The molecule has 0 atom stereocenters. The summed E-state index contributed by atoms with van der Waals surface area (Å²) in [5, 5.41) is 11.4. The Balaban J connectivity index is 2.06. The number of nitrogens with zero attached hydrogens (tertiary/aromatic N) is 2. The highest BCUT2D eigenvalue weighted by atomic mass is 35.5. The summed E-state index contributed by atoms with van der Waals surface area (Å²) in [7, 11) is 0. The third kappa shape index (κ3) is 4.43. The van der Waals surface area contributed by atoms with E-state index in [0.717, 1.165) is 17.1 Å². The van der Waals surface area contributed by atoms with Gasteiger partial charge in [0, 0.05) is 30.7 Å². The molecule has 0 bridgehead atoms. The van der Waals surface area contributed by atoms with Gasteiger partial charge in [-0.1, -0.05) is 29.3 Å². The number of benzene rings is 1. The molecule has 3 nitrogen and oxygen atoms in total. The number of aliphatic hydroxyl groups is 1. The van der Waals surface area contributed by atoms with Gasteiger partial charge in [-0.2, -0.15) is 0 Å². The molecule has 0 radical (unpaired) electrons. The Morgan fingerprint density at radius 3 is 2.65 bits per heavy atom. The van der Waals surface area contributed by atoms with Gasteiger partial charge >= 0.3 is 0 Å². The van der Waals surface area contributed by atoms with Crippen molar-refractivity contribution in [2.45, 2.75) is 20.0 Å². The Morgan fingerprint density at radius 1 is 1.25 bits per heavy atom. The molecule has 1 heterocycles. The molecular formula is C14H16Cl2N2OS. The molecule has 1 aromatic heterocycles. The van der Waals surface area contributed by atoms with Crippen LogP contribution >= 0.6 is 34.5 Å². The number of aliphatic hydroxyl groups excluding tert-OH is 1. The van der Waals surface area contributed by atoms with Crippen LogP contribution in [0.5, 0.6) is 0 Å². The van der Waals surface area contributed by atoms with Crippen molar-refractivity contribution >= 4 is 34.5 Å². The van der Waals surface area contributed by atoms with Gasteiger partial charge < -0.3 is 5.11 Å². The van der Waals surface area contributed by atoms with E-state index in [0.29, 0.717) is 23.1 Å². The van der Waals surface area contributed by atoms with Crippen LogP contribution in [0.2, 0.25) is 10.0 Å². The molecule has 108 valence electrons. The number of rotatable bonds is 6. The lowest BCUT2D eigenvalue weighted by molar-refractivity contribution is 0.185. The number of halogens is 2. The molecule has 2 rings (SSSR count). The number of hydrogen-bond acceptors (Lipinski definition) is 4. The predicted octanol–water partition coefficient (Wildman–Crippen LogP) is 3.75. The molecule has 2 aromatic rings.